The molecule has 1 aromatic carbocycles. The summed E-state index contributed by atoms with van der Waals surface area (Å²) in [5.41, 5.74) is 3.81. The Morgan fingerprint density at radius 1 is 1.16 bits per heavy atom. The molecule has 0 amide bonds. The molecule has 3 atom stereocenters. The lowest BCUT2D eigenvalue weighted by molar-refractivity contribution is -0.858. The molecule has 0 saturated heterocycles. The van der Waals surface area contributed by atoms with Crippen molar-refractivity contribution in [2.45, 2.75) is 70.3 Å². The van der Waals surface area contributed by atoms with Crippen LogP contribution >= 0.6 is 0 Å². The number of quaternary nitrogens is 1. The minimum Gasteiger partial charge on any atom is -1.00 e. The largest absolute Gasteiger partial charge is 1.00 e. The molecule has 25 heavy (non-hydrogen) atoms. The number of rotatable bonds is 6. The van der Waals surface area contributed by atoms with E-state index in [1.807, 2.05) is 0 Å². The van der Waals surface area contributed by atoms with E-state index < -0.39 is 0 Å². The topological polar surface area (TPSA) is 7.68 Å². The highest BCUT2D eigenvalue weighted by atomic mass is 35.5. The molecule has 0 spiro atoms. The van der Waals surface area contributed by atoms with Crippen LogP contribution in [0.1, 0.15) is 64.9 Å². The number of hydrogen-bond acceptors (Lipinski definition) is 1. The smallest absolute Gasteiger partial charge is 0.0783 e. The van der Waals surface area contributed by atoms with Gasteiger partial charge >= 0.3 is 0 Å². The molecule has 1 heterocycles. The number of para-hydroxylation sites is 1. The maximum atomic E-state index is 2.86. The van der Waals surface area contributed by atoms with Crippen molar-refractivity contribution in [1.29, 1.82) is 0 Å². The molecule has 1 aromatic rings. The first kappa shape index (κ1) is 20.6. The number of anilines is 1. The summed E-state index contributed by atoms with van der Waals surface area (Å²) in [5.74, 6) is 0.738. The highest BCUT2D eigenvalue weighted by Gasteiger charge is 2.61. The average molecular weight is 365 g/mol. The minimum atomic E-state index is 0. The number of fused-ring (bicyclic) bond motifs is 3. The van der Waals surface area contributed by atoms with E-state index >= 15 is 0 Å². The third-order valence-corrected chi connectivity index (χ3v) is 7.20. The van der Waals surface area contributed by atoms with E-state index in [2.05, 4.69) is 64.0 Å². The van der Waals surface area contributed by atoms with E-state index in [-0.39, 0.29) is 12.4 Å². The minimum absolute atomic E-state index is 0. The Bertz CT molecular complexity index is 573. The van der Waals surface area contributed by atoms with Gasteiger partial charge in [-0.15, -0.1) is 0 Å². The summed E-state index contributed by atoms with van der Waals surface area (Å²) >= 11 is 0. The van der Waals surface area contributed by atoms with Crippen molar-refractivity contribution in [1.82, 2.24) is 0 Å². The van der Waals surface area contributed by atoms with E-state index in [1.165, 1.54) is 57.3 Å². The fourth-order valence-corrected chi connectivity index (χ4v) is 5.86. The Labute approximate surface area is 161 Å². The Morgan fingerprint density at radius 2 is 1.84 bits per heavy atom. The van der Waals surface area contributed by atoms with Gasteiger partial charge in [0.05, 0.1) is 26.2 Å². The molecule has 0 aromatic heterocycles. The van der Waals surface area contributed by atoms with Gasteiger partial charge in [0.1, 0.15) is 0 Å². The van der Waals surface area contributed by atoms with Crippen LogP contribution in [0.5, 0.6) is 0 Å². The molecule has 3 rings (SSSR count). The second kappa shape index (κ2) is 7.88. The van der Waals surface area contributed by atoms with Crippen LogP contribution in [0.2, 0.25) is 0 Å². The SMILES string of the molecule is CC[C@H](C)[C@@]12CCCC[C@]1(C)c1ccccc1N2CCC[NH+](C)C.[Cl-]. The van der Waals surface area contributed by atoms with Crippen LogP contribution in [0, 0.1) is 5.92 Å². The quantitative estimate of drug-likeness (QED) is 0.779. The van der Waals surface area contributed by atoms with Gasteiger partial charge in [-0.25, -0.2) is 0 Å². The van der Waals surface area contributed by atoms with Crippen molar-refractivity contribution in [3.05, 3.63) is 29.8 Å². The summed E-state index contributed by atoms with van der Waals surface area (Å²) in [7, 11) is 4.54. The molecule has 0 radical (unpaired) electrons. The van der Waals surface area contributed by atoms with Gasteiger partial charge in [-0.2, -0.15) is 0 Å². The molecule has 2 aliphatic rings. The number of nitrogens with zero attached hydrogens (tertiary/aromatic N) is 1. The van der Waals surface area contributed by atoms with E-state index in [0.29, 0.717) is 11.0 Å². The van der Waals surface area contributed by atoms with Gasteiger partial charge in [0.15, 0.2) is 0 Å². The molecule has 1 saturated carbocycles. The first-order valence-electron chi connectivity index (χ1n) is 10.1. The number of hydrogen-bond donors (Lipinski definition) is 1. The van der Waals surface area contributed by atoms with Crippen molar-refractivity contribution in [3.8, 4) is 0 Å². The molecule has 0 unspecified atom stereocenters. The molecule has 3 heteroatoms. The summed E-state index contributed by atoms with van der Waals surface area (Å²) < 4.78 is 0. The highest BCUT2D eigenvalue weighted by Crippen LogP contribution is 2.61. The van der Waals surface area contributed by atoms with Crippen LogP contribution in [-0.4, -0.2) is 32.7 Å². The van der Waals surface area contributed by atoms with E-state index in [9.17, 15) is 0 Å². The lowest BCUT2D eigenvalue weighted by atomic mass is 9.56. The molecule has 2 nitrogen and oxygen atoms in total. The lowest BCUT2D eigenvalue weighted by Crippen LogP contribution is -3.05. The average Bonchev–Trinajstić information content (AvgIpc) is 2.81. The molecule has 1 aliphatic heterocycles. The van der Waals surface area contributed by atoms with Gasteiger partial charge in [0.25, 0.3) is 0 Å². The predicted octanol–water partition coefficient (Wildman–Crippen LogP) is 0.662. The Balaban J connectivity index is 0.00000225. The normalized spacial score (nSPS) is 29.1. The highest BCUT2D eigenvalue weighted by molar-refractivity contribution is 5.67. The first-order chi connectivity index (χ1) is 11.5. The van der Waals surface area contributed by atoms with Gasteiger partial charge in [-0.05, 0) is 30.4 Å². The summed E-state index contributed by atoms with van der Waals surface area (Å²) in [6.45, 7) is 9.95. The summed E-state index contributed by atoms with van der Waals surface area (Å²) in [6.07, 6.45) is 8.05. The number of halogens is 1. The second-order valence-electron chi connectivity index (χ2n) is 8.75. The van der Waals surface area contributed by atoms with Gasteiger partial charge in [0.2, 0.25) is 0 Å². The fraction of sp³-hybridized carbons (Fsp3) is 0.727. The zero-order valence-electron chi connectivity index (χ0n) is 16.9. The van der Waals surface area contributed by atoms with Crippen molar-refractivity contribution < 1.29 is 17.3 Å². The van der Waals surface area contributed by atoms with Crippen LogP contribution < -0.4 is 22.2 Å². The third-order valence-electron chi connectivity index (χ3n) is 7.20. The molecule has 142 valence electrons. The summed E-state index contributed by atoms with van der Waals surface area (Å²) in [5, 5.41) is 0. The summed E-state index contributed by atoms with van der Waals surface area (Å²) in [6, 6.07) is 9.32. The maximum Gasteiger partial charge on any atom is 0.0783 e. The van der Waals surface area contributed by atoms with Crippen molar-refractivity contribution in [2.75, 3.05) is 32.1 Å². The van der Waals surface area contributed by atoms with Gasteiger partial charge in [-0.1, -0.05) is 58.2 Å². The monoisotopic (exact) mass is 364 g/mol. The first-order valence-corrected chi connectivity index (χ1v) is 10.1. The van der Waals surface area contributed by atoms with Crippen LogP contribution in [0.3, 0.4) is 0 Å². The molecular weight excluding hydrogens is 328 g/mol. The predicted molar refractivity (Wildman–Crippen MR) is 104 cm³/mol. The van der Waals surface area contributed by atoms with Gasteiger partial charge in [-0.3, -0.25) is 0 Å². The zero-order chi connectivity index (χ0) is 17.4. The zero-order valence-corrected chi connectivity index (χ0v) is 17.6. The van der Waals surface area contributed by atoms with Crippen molar-refractivity contribution in [3.63, 3.8) is 0 Å². The molecule has 1 aliphatic carbocycles. The standard InChI is InChI=1S/C22H36N2.ClH/c1-6-18(2)22-15-10-9-14-21(22,3)19-12-7-8-13-20(19)24(22)17-11-16-23(4)5;/h7-8,12-13,18H,6,9-11,14-17H2,1-5H3;1H/t18-,21+,22-;/m0./s1. The van der Waals surface area contributed by atoms with Crippen molar-refractivity contribution >= 4 is 5.69 Å². The maximum absolute atomic E-state index is 2.86. The van der Waals surface area contributed by atoms with Crippen LogP contribution in [0.4, 0.5) is 5.69 Å². The Hall–Kier alpha value is -0.730. The third kappa shape index (κ3) is 3.10. The number of nitrogens with one attached hydrogen (secondary N) is 1. The van der Waals surface area contributed by atoms with Gasteiger partial charge < -0.3 is 22.2 Å². The Morgan fingerprint density at radius 3 is 2.52 bits per heavy atom. The fourth-order valence-electron chi connectivity index (χ4n) is 5.86. The number of benzene rings is 1. The molecule has 0 bridgehead atoms. The molecule has 1 fully saturated rings. The molecule has 1 N–H and O–H groups in total. The van der Waals surface area contributed by atoms with E-state index in [0.717, 1.165) is 5.92 Å². The lowest BCUT2D eigenvalue weighted by Gasteiger charge is -2.56. The van der Waals surface area contributed by atoms with Crippen LogP contribution in [0.15, 0.2) is 24.3 Å². The Kier molecular flexibility index (Phi) is 6.49. The van der Waals surface area contributed by atoms with Crippen LogP contribution in [0.25, 0.3) is 0 Å². The van der Waals surface area contributed by atoms with E-state index in [1.54, 1.807) is 10.5 Å². The summed E-state index contributed by atoms with van der Waals surface area (Å²) in [4.78, 5) is 4.42. The molecular formula is C22H37ClN2. The van der Waals surface area contributed by atoms with E-state index in [4.69, 9.17) is 0 Å². The second-order valence-corrected chi connectivity index (χ2v) is 8.75. The van der Waals surface area contributed by atoms with Gasteiger partial charge in [0, 0.05) is 24.1 Å². The van der Waals surface area contributed by atoms with Crippen molar-refractivity contribution in [2.24, 2.45) is 5.92 Å². The van der Waals surface area contributed by atoms with Crippen LogP contribution in [-0.2, 0) is 5.41 Å².